The van der Waals surface area contributed by atoms with Crippen LogP contribution >= 0.6 is 0 Å². The molecule has 6 nitrogen and oxygen atoms in total. The number of Topliss-reactive ketones (excluding diaryl/α,β-unsaturated/α-hetero) is 1. The summed E-state index contributed by atoms with van der Waals surface area (Å²) in [6.45, 7) is 1.65. The van der Waals surface area contributed by atoms with Crippen molar-refractivity contribution in [1.29, 1.82) is 0 Å². The lowest BCUT2D eigenvalue weighted by Gasteiger charge is -2.09. The molecule has 0 aromatic heterocycles. The zero-order valence-electron chi connectivity index (χ0n) is 15.9. The van der Waals surface area contributed by atoms with Gasteiger partial charge in [0.25, 0.3) is 0 Å². The average molecular weight is 443 g/mol. The highest BCUT2D eigenvalue weighted by Crippen LogP contribution is 2.39. The third-order valence-electron chi connectivity index (χ3n) is 5.19. The number of rotatable bonds is 3. The standard InChI is InChI=1S/C22H18O6S2/c1-14(10-12-19-21(23)15-6-2-4-8-17(15)29(19,25)26)11-13-20-22(24)16-7-3-5-9-18(16)30(20,27)28/h2-13,19,21,23H,1H3. The van der Waals surface area contributed by atoms with E-state index in [2.05, 4.69) is 0 Å². The fourth-order valence-corrected chi connectivity index (χ4v) is 7.02. The van der Waals surface area contributed by atoms with Crippen LogP contribution in [0.1, 0.15) is 28.9 Å². The van der Waals surface area contributed by atoms with Crippen molar-refractivity contribution in [3.05, 3.63) is 94.4 Å². The number of carbonyl (C=O) groups is 1. The Labute approximate surface area is 174 Å². The van der Waals surface area contributed by atoms with Gasteiger partial charge in [-0.05, 0) is 31.2 Å². The molecular formula is C22H18O6S2. The van der Waals surface area contributed by atoms with E-state index in [9.17, 15) is 26.7 Å². The van der Waals surface area contributed by atoms with E-state index in [1.807, 2.05) is 0 Å². The molecule has 0 amide bonds. The molecule has 0 bridgehead atoms. The highest BCUT2D eigenvalue weighted by molar-refractivity contribution is 7.97. The van der Waals surface area contributed by atoms with E-state index in [4.69, 9.17) is 0 Å². The first kappa shape index (κ1) is 20.5. The maximum absolute atomic E-state index is 12.7. The summed E-state index contributed by atoms with van der Waals surface area (Å²) in [5, 5.41) is 9.28. The fraction of sp³-hybridized carbons (Fsp3) is 0.136. The van der Waals surface area contributed by atoms with E-state index in [0.717, 1.165) is 0 Å². The summed E-state index contributed by atoms with van der Waals surface area (Å²) >= 11 is 0. The number of allylic oxidation sites excluding steroid dienone is 5. The van der Waals surface area contributed by atoms with Crippen molar-refractivity contribution in [2.45, 2.75) is 28.1 Å². The molecule has 2 aliphatic rings. The molecule has 8 heteroatoms. The Morgan fingerprint density at radius 3 is 2.27 bits per heavy atom. The van der Waals surface area contributed by atoms with E-state index in [1.165, 1.54) is 42.5 Å². The zero-order valence-corrected chi connectivity index (χ0v) is 17.5. The minimum atomic E-state index is -3.88. The first-order valence-corrected chi connectivity index (χ1v) is 12.1. The monoisotopic (exact) mass is 442 g/mol. The number of fused-ring (bicyclic) bond motifs is 2. The summed E-state index contributed by atoms with van der Waals surface area (Å²) < 4.78 is 50.5. The van der Waals surface area contributed by atoms with Gasteiger partial charge >= 0.3 is 0 Å². The van der Waals surface area contributed by atoms with Crippen LogP contribution < -0.4 is 0 Å². The van der Waals surface area contributed by atoms with Gasteiger partial charge in [0.2, 0.25) is 15.6 Å². The maximum Gasteiger partial charge on any atom is 0.211 e. The van der Waals surface area contributed by atoms with Crippen molar-refractivity contribution in [3.63, 3.8) is 0 Å². The van der Waals surface area contributed by atoms with Crippen molar-refractivity contribution in [2.75, 3.05) is 0 Å². The molecular weight excluding hydrogens is 424 g/mol. The lowest BCUT2D eigenvalue weighted by Crippen LogP contribution is -2.18. The number of aliphatic hydroxyl groups is 1. The van der Waals surface area contributed by atoms with Crippen molar-refractivity contribution in [1.82, 2.24) is 0 Å². The first-order chi connectivity index (χ1) is 14.2. The lowest BCUT2D eigenvalue weighted by atomic mass is 10.1. The molecule has 0 fully saturated rings. The quantitative estimate of drug-likeness (QED) is 0.579. The summed E-state index contributed by atoms with van der Waals surface area (Å²) in [7, 11) is -7.59. The molecule has 0 radical (unpaired) electrons. The molecule has 2 atom stereocenters. The predicted molar refractivity (Wildman–Crippen MR) is 111 cm³/mol. The number of sulfone groups is 2. The lowest BCUT2D eigenvalue weighted by molar-refractivity contribution is 0.104. The molecule has 2 aromatic rings. The molecule has 0 aliphatic carbocycles. The second-order valence-electron chi connectivity index (χ2n) is 7.12. The minimum Gasteiger partial charge on any atom is -0.387 e. The summed E-state index contributed by atoms with van der Waals surface area (Å²) in [6.07, 6.45) is 4.36. The van der Waals surface area contributed by atoms with Gasteiger partial charge < -0.3 is 5.11 Å². The smallest absolute Gasteiger partial charge is 0.211 e. The molecule has 4 rings (SSSR count). The minimum absolute atomic E-state index is 0.0132. The topological polar surface area (TPSA) is 106 Å². The van der Waals surface area contributed by atoms with Gasteiger partial charge in [-0.2, -0.15) is 0 Å². The van der Waals surface area contributed by atoms with Crippen LogP contribution in [0.3, 0.4) is 0 Å². The third-order valence-corrected chi connectivity index (χ3v) is 9.15. The molecule has 2 unspecified atom stereocenters. The van der Waals surface area contributed by atoms with Crippen LogP contribution in [0.2, 0.25) is 0 Å². The van der Waals surface area contributed by atoms with Gasteiger partial charge in [0.1, 0.15) is 16.3 Å². The molecule has 2 aliphatic heterocycles. The van der Waals surface area contributed by atoms with E-state index < -0.39 is 36.8 Å². The van der Waals surface area contributed by atoms with Crippen molar-refractivity contribution < 1.29 is 26.7 Å². The second kappa shape index (κ2) is 7.16. The molecule has 154 valence electrons. The number of hydrogen-bond acceptors (Lipinski definition) is 6. The Kier molecular flexibility index (Phi) is 4.88. The molecule has 0 saturated carbocycles. The number of ketones is 1. The highest BCUT2D eigenvalue weighted by Gasteiger charge is 2.42. The van der Waals surface area contributed by atoms with Crippen molar-refractivity contribution in [3.8, 4) is 0 Å². The van der Waals surface area contributed by atoms with Crippen LogP contribution in [-0.2, 0) is 19.7 Å². The summed E-state index contributed by atoms with van der Waals surface area (Å²) in [4.78, 5) is 12.2. The van der Waals surface area contributed by atoms with E-state index in [-0.39, 0.29) is 20.3 Å². The van der Waals surface area contributed by atoms with Gasteiger partial charge in [-0.25, -0.2) is 16.8 Å². The Balaban J connectivity index is 1.62. The van der Waals surface area contributed by atoms with Crippen molar-refractivity contribution in [2.24, 2.45) is 0 Å². The average Bonchev–Trinajstić information content (AvgIpc) is 3.04. The van der Waals surface area contributed by atoms with E-state index >= 15 is 0 Å². The fourth-order valence-electron chi connectivity index (χ4n) is 3.62. The van der Waals surface area contributed by atoms with Crippen LogP contribution in [0.4, 0.5) is 0 Å². The molecule has 0 saturated heterocycles. The van der Waals surface area contributed by atoms with Crippen LogP contribution in [0.5, 0.6) is 0 Å². The Hall–Kier alpha value is -2.81. The van der Waals surface area contributed by atoms with E-state index in [0.29, 0.717) is 11.1 Å². The van der Waals surface area contributed by atoms with Gasteiger partial charge in [-0.3, -0.25) is 4.79 Å². The molecule has 1 N–H and O–H groups in total. The number of hydrogen-bond donors (Lipinski definition) is 1. The molecule has 2 aromatic carbocycles. The number of aliphatic hydroxyl groups excluding tert-OH is 1. The first-order valence-electron chi connectivity index (χ1n) is 9.12. The van der Waals surface area contributed by atoms with Crippen LogP contribution in [0.15, 0.2) is 93.1 Å². The predicted octanol–water partition coefficient (Wildman–Crippen LogP) is 2.93. The van der Waals surface area contributed by atoms with Gasteiger partial charge in [0, 0.05) is 11.1 Å². The van der Waals surface area contributed by atoms with Gasteiger partial charge in [-0.1, -0.05) is 54.1 Å². The van der Waals surface area contributed by atoms with Crippen molar-refractivity contribution >= 4 is 25.5 Å². The molecule has 0 spiro atoms. The number of benzene rings is 2. The SMILES string of the molecule is CC(C=CC1C(O)c2ccccc2S1(=O)=O)=CC=C1C(=O)c2ccccc2S1(=O)=O. The maximum atomic E-state index is 12.7. The summed E-state index contributed by atoms with van der Waals surface area (Å²) in [5.41, 5.74) is 1.03. The van der Waals surface area contributed by atoms with Crippen LogP contribution in [0.25, 0.3) is 0 Å². The zero-order chi connectivity index (χ0) is 21.7. The number of carbonyl (C=O) groups excluding carboxylic acids is 1. The van der Waals surface area contributed by atoms with Crippen LogP contribution in [0, 0.1) is 0 Å². The summed E-state index contributed by atoms with van der Waals surface area (Å²) in [6, 6.07) is 12.3. The highest BCUT2D eigenvalue weighted by atomic mass is 32.2. The molecule has 30 heavy (non-hydrogen) atoms. The van der Waals surface area contributed by atoms with Gasteiger partial charge in [-0.15, -0.1) is 0 Å². The third kappa shape index (κ3) is 3.08. The Morgan fingerprint density at radius 2 is 1.60 bits per heavy atom. The van der Waals surface area contributed by atoms with Gasteiger partial charge in [0.15, 0.2) is 9.84 Å². The largest absolute Gasteiger partial charge is 0.387 e. The van der Waals surface area contributed by atoms with Crippen LogP contribution in [-0.4, -0.2) is 33.0 Å². The Bertz CT molecular complexity index is 1360. The normalized spacial score (nSPS) is 25.6. The van der Waals surface area contributed by atoms with Gasteiger partial charge in [0.05, 0.1) is 9.79 Å². The Morgan fingerprint density at radius 1 is 0.967 bits per heavy atom. The van der Waals surface area contributed by atoms with E-state index in [1.54, 1.807) is 37.3 Å². The summed E-state index contributed by atoms with van der Waals surface area (Å²) in [5.74, 6) is -0.567. The molecule has 2 heterocycles. The second-order valence-corrected chi connectivity index (χ2v) is 11.1.